The van der Waals surface area contributed by atoms with Gasteiger partial charge in [0, 0.05) is 11.9 Å². The lowest BCUT2D eigenvalue weighted by Gasteiger charge is -2.03. The lowest BCUT2D eigenvalue weighted by atomic mass is 10.3. The number of amides is 1. The van der Waals surface area contributed by atoms with Crippen molar-refractivity contribution in [2.45, 2.75) is 0 Å². The lowest BCUT2D eigenvalue weighted by Crippen LogP contribution is -2.16. The van der Waals surface area contributed by atoms with E-state index >= 15 is 0 Å². The Morgan fingerprint density at radius 2 is 1.94 bits per heavy atom. The molecule has 16 heavy (non-hydrogen) atoms. The summed E-state index contributed by atoms with van der Waals surface area (Å²) in [5.74, 6) is -0.0458. The molecule has 0 saturated heterocycles. The molecule has 0 radical (unpaired) electrons. The summed E-state index contributed by atoms with van der Waals surface area (Å²) in [5, 5.41) is 2.67. The van der Waals surface area contributed by atoms with Crippen molar-refractivity contribution >= 4 is 17.4 Å². The third-order valence-corrected chi connectivity index (χ3v) is 1.91. The number of anilines is 2. The summed E-state index contributed by atoms with van der Waals surface area (Å²) in [7, 11) is 0. The largest absolute Gasteiger partial charge is 0.384 e. The first-order valence-electron chi connectivity index (χ1n) is 4.70. The first-order chi connectivity index (χ1) is 7.75. The second-order valence-electron chi connectivity index (χ2n) is 3.13. The number of carbonyl (C=O) groups excluding carboxylic acids is 1. The first-order valence-corrected chi connectivity index (χ1v) is 4.70. The highest BCUT2D eigenvalue weighted by Gasteiger charge is 2.08. The Morgan fingerprint density at radius 1 is 1.19 bits per heavy atom. The van der Waals surface area contributed by atoms with Gasteiger partial charge in [-0.3, -0.25) is 4.79 Å². The maximum absolute atomic E-state index is 11.7. The zero-order valence-corrected chi connectivity index (χ0v) is 8.42. The van der Waals surface area contributed by atoms with Crippen LogP contribution < -0.4 is 11.1 Å². The summed E-state index contributed by atoms with van der Waals surface area (Å²) in [6.45, 7) is 0. The third kappa shape index (κ3) is 2.33. The maximum atomic E-state index is 11.7. The Kier molecular flexibility index (Phi) is 2.77. The van der Waals surface area contributed by atoms with E-state index in [0.717, 1.165) is 0 Å². The topological polar surface area (TPSA) is 80.9 Å². The fraction of sp³-hybridized carbons (Fsp3) is 0. The number of rotatable bonds is 2. The van der Waals surface area contributed by atoms with Crippen LogP contribution in [0.2, 0.25) is 0 Å². The van der Waals surface area contributed by atoms with E-state index in [1.54, 1.807) is 12.1 Å². The number of nitrogen functional groups attached to an aromatic ring is 1. The molecule has 0 unspecified atom stereocenters. The van der Waals surface area contributed by atoms with Crippen LogP contribution in [0.3, 0.4) is 0 Å². The van der Waals surface area contributed by atoms with Crippen LogP contribution in [0.1, 0.15) is 10.6 Å². The van der Waals surface area contributed by atoms with E-state index in [1.807, 2.05) is 18.2 Å². The predicted molar refractivity (Wildman–Crippen MR) is 60.8 cm³/mol. The van der Waals surface area contributed by atoms with Crippen LogP contribution in [-0.2, 0) is 0 Å². The Balaban J connectivity index is 2.15. The van der Waals surface area contributed by atoms with Crippen LogP contribution in [0.15, 0.2) is 42.6 Å². The lowest BCUT2D eigenvalue weighted by molar-refractivity contribution is 0.101. The number of benzene rings is 1. The number of nitrogens with one attached hydrogen (secondary N) is 1. The molecule has 0 atom stereocenters. The van der Waals surface area contributed by atoms with E-state index < -0.39 is 0 Å². The molecule has 0 aliphatic carbocycles. The standard InChI is InChI=1S/C11H10N4O/c12-9-6-7-13-10(15-9)11(16)14-8-4-2-1-3-5-8/h1-7H,(H,14,16)(H2,12,13,15). The average molecular weight is 214 g/mol. The van der Waals surface area contributed by atoms with E-state index in [2.05, 4.69) is 15.3 Å². The van der Waals surface area contributed by atoms with E-state index in [-0.39, 0.29) is 17.5 Å². The summed E-state index contributed by atoms with van der Waals surface area (Å²) >= 11 is 0. The predicted octanol–water partition coefficient (Wildman–Crippen LogP) is 1.31. The molecule has 1 aromatic heterocycles. The van der Waals surface area contributed by atoms with Gasteiger partial charge in [-0.2, -0.15) is 0 Å². The Morgan fingerprint density at radius 3 is 2.62 bits per heavy atom. The maximum Gasteiger partial charge on any atom is 0.293 e. The van der Waals surface area contributed by atoms with E-state index in [1.165, 1.54) is 12.3 Å². The molecule has 3 N–H and O–H groups in total. The zero-order chi connectivity index (χ0) is 11.4. The molecule has 5 nitrogen and oxygen atoms in total. The van der Waals surface area contributed by atoms with Crippen molar-refractivity contribution in [3.05, 3.63) is 48.4 Å². The molecule has 1 aromatic carbocycles. The smallest absolute Gasteiger partial charge is 0.293 e. The highest BCUT2D eigenvalue weighted by molar-refractivity contribution is 6.01. The van der Waals surface area contributed by atoms with Crippen LogP contribution in [0.5, 0.6) is 0 Å². The van der Waals surface area contributed by atoms with Gasteiger partial charge in [-0.1, -0.05) is 18.2 Å². The fourth-order valence-electron chi connectivity index (χ4n) is 1.19. The molecule has 2 rings (SSSR count). The first kappa shape index (κ1) is 10.1. The van der Waals surface area contributed by atoms with E-state index in [9.17, 15) is 4.79 Å². The van der Waals surface area contributed by atoms with Crippen molar-refractivity contribution in [1.29, 1.82) is 0 Å². The average Bonchev–Trinajstić information content (AvgIpc) is 2.30. The van der Waals surface area contributed by atoms with Crippen molar-refractivity contribution < 1.29 is 4.79 Å². The van der Waals surface area contributed by atoms with Gasteiger partial charge in [-0.25, -0.2) is 9.97 Å². The van der Waals surface area contributed by atoms with Gasteiger partial charge < -0.3 is 11.1 Å². The van der Waals surface area contributed by atoms with E-state index in [4.69, 9.17) is 5.73 Å². The number of nitrogens with two attached hydrogens (primary N) is 1. The Hall–Kier alpha value is -2.43. The SMILES string of the molecule is Nc1ccnc(C(=O)Nc2ccccc2)n1. The molecule has 0 aliphatic heterocycles. The van der Waals surface area contributed by atoms with Gasteiger partial charge in [0.05, 0.1) is 0 Å². The molecule has 0 spiro atoms. The van der Waals surface area contributed by atoms with Gasteiger partial charge in [-0.15, -0.1) is 0 Å². The van der Waals surface area contributed by atoms with Crippen LogP contribution in [0, 0.1) is 0 Å². The quantitative estimate of drug-likeness (QED) is 0.789. The molecule has 0 fully saturated rings. The van der Waals surface area contributed by atoms with Crippen molar-refractivity contribution in [3.8, 4) is 0 Å². The summed E-state index contributed by atoms with van der Waals surface area (Å²) < 4.78 is 0. The van der Waals surface area contributed by atoms with E-state index in [0.29, 0.717) is 5.69 Å². The molecule has 0 bridgehead atoms. The normalized spacial score (nSPS) is 9.75. The van der Waals surface area contributed by atoms with Crippen molar-refractivity contribution in [1.82, 2.24) is 9.97 Å². The minimum atomic E-state index is -0.376. The van der Waals surface area contributed by atoms with Crippen LogP contribution in [0.25, 0.3) is 0 Å². The van der Waals surface area contributed by atoms with Crippen LogP contribution in [-0.4, -0.2) is 15.9 Å². The number of carbonyl (C=O) groups is 1. The summed E-state index contributed by atoms with van der Waals surface area (Å²) in [4.78, 5) is 19.3. The Bertz CT molecular complexity index is 498. The number of hydrogen-bond donors (Lipinski definition) is 2. The minimum absolute atomic E-state index is 0.0591. The molecule has 2 aromatic rings. The Labute approximate surface area is 92.3 Å². The van der Waals surface area contributed by atoms with Crippen molar-refractivity contribution in [2.75, 3.05) is 11.1 Å². The van der Waals surface area contributed by atoms with Gasteiger partial charge >= 0.3 is 0 Å². The van der Waals surface area contributed by atoms with Crippen LogP contribution in [0.4, 0.5) is 11.5 Å². The highest BCUT2D eigenvalue weighted by Crippen LogP contribution is 2.06. The van der Waals surface area contributed by atoms with Gasteiger partial charge in [0.2, 0.25) is 5.82 Å². The molecule has 1 heterocycles. The second kappa shape index (κ2) is 4.39. The number of hydrogen-bond acceptors (Lipinski definition) is 4. The molecular weight excluding hydrogens is 204 g/mol. The van der Waals surface area contributed by atoms with Crippen LogP contribution >= 0.6 is 0 Å². The highest BCUT2D eigenvalue weighted by atomic mass is 16.2. The van der Waals surface area contributed by atoms with Crippen molar-refractivity contribution in [3.63, 3.8) is 0 Å². The number of para-hydroxylation sites is 1. The van der Waals surface area contributed by atoms with Gasteiger partial charge in [-0.05, 0) is 18.2 Å². The zero-order valence-electron chi connectivity index (χ0n) is 8.42. The van der Waals surface area contributed by atoms with Gasteiger partial charge in [0.25, 0.3) is 5.91 Å². The van der Waals surface area contributed by atoms with Crippen molar-refractivity contribution in [2.24, 2.45) is 0 Å². The molecular formula is C11H10N4O. The third-order valence-electron chi connectivity index (χ3n) is 1.91. The number of nitrogens with zero attached hydrogens (tertiary/aromatic N) is 2. The second-order valence-corrected chi connectivity index (χ2v) is 3.13. The molecule has 0 saturated carbocycles. The number of aromatic nitrogens is 2. The summed E-state index contributed by atoms with van der Waals surface area (Å²) in [6.07, 6.45) is 1.45. The molecule has 1 amide bonds. The molecule has 0 aliphatic rings. The summed E-state index contributed by atoms with van der Waals surface area (Å²) in [5.41, 5.74) is 6.15. The van der Waals surface area contributed by atoms with Gasteiger partial charge in [0.15, 0.2) is 0 Å². The molecule has 80 valence electrons. The fourth-order valence-corrected chi connectivity index (χ4v) is 1.19. The monoisotopic (exact) mass is 214 g/mol. The summed E-state index contributed by atoms with van der Waals surface area (Å²) in [6, 6.07) is 10.6. The minimum Gasteiger partial charge on any atom is -0.384 e. The molecule has 5 heteroatoms. The van der Waals surface area contributed by atoms with Gasteiger partial charge in [0.1, 0.15) is 5.82 Å².